The fraction of sp³-hybridized carbons (Fsp3) is 0.429. The Kier molecular flexibility index (Phi) is 7.74. The van der Waals surface area contributed by atoms with Crippen LogP contribution in [0.25, 0.3) is 10.9 Å². The van der Waals surface area contributed by atoms with E-state index in [1.165, 1.54) is 50.6 Å². The zero-order valence-corrected chi connectivity index (χ0v) is 21.2. The number of rotatable bonds is 7. The van der Waals surface area contributed by atoms with Gasteiger partial charge in [-0.05, 0) is 61.0 Å². The highest BCUT2D eigenvalue weighted by molar-refractivity contribution is 8.00. The third kappa shape index (κ3) is 5.73. The second-order valence-electron chi connectivity index (χ2n) is 9.55. The van der Waals surface area contributed by atoms with Gasteiger partial charge in [0.15, 0.2) is 0 Å². The van der Waals surface area contributed by atoms with E-state index in [0.717, 1.165) is 53.6 Å². The molecule has 1 aromatic heterocycles. The van der Waals surface area contributed by atoms with Crippen molar-refractivity contribution in [3.8, 4) is 5.75 Å². The summed E-state index contributed by atoms with van der Waals surface area (Å²) in [5.74, 6) is 1.59. The molecule has 1 aliphatic carbocycles. The lowest BCUT2D eigenvalue weighted by molar-refractivity contribution is 0.0606. The molecule has 1 saturated carbocycles. The summed E-state index contributed by atoms with van der Waals surface area (Å²) >= 11 is 1.50. The number of hydrogen-bond acceptors (Lipinski definition) is 6. The quantitative estimate of drug-likeness (QED) is 0.429. The molecule has 35 heavy (non-hydrogen) atoms. The molecule has 3 aromatic rings. The van der Waals surface area contributed by atoms with E-state index in [1.807, 2.05) is 47.5 Å². The van der Waals surface area contributed by atoms with Crippen LogP contribution in [-0.2, 0) is 0 Å². The van der Waals surface area contributed by atoms with Crippen LogP contribution in [0, 0.1) is 5.92 Å². The lowest BCUT2D eigenvalue weighted by atomic mass is 9.89. The number of methoxy groups -OCH3 is 1. The highest BCUT2D eigenvalue weighted by Gasteiger charge is 2.25. The molecule has 2 fully saturated rings. The summed E-state index contributed by atoms with van der Waals surface area (Å²) in [7, 11) is 1.64. The van der Waals surface area contributed by atoms with Crippen molar-refractivity contribution in [2.45, 2.75) is 37.0 Å². The molecule has 0 atom stereocenters. The van der Waals surface area contributed by atoms with Gasteiger partial charge in [-0.15, -0.1) is 0 Å². The molecule has 0 radical (unpaired) electrons. The number of ether oxygens (including phenoxy) is 1. The number of nitrogens with zero attached hydrogens (tertiary/aromatic N) is 3. The normalized spacial score (nSPS) is 17.5. The summed E-state index contributed by atoms with van der Waals surface area (Å²) in [5, 5.41) is 1.10. The molecule has 6 nitrogen and oxygen atoms in total. The van der Waals surface area contributed by atoms with Crippen molar-refractivity contribution in [1.82, 2.24) is 14.8 Å². The van der Waals surface area contributed by atoms with E-state index < -0.39 is 0 Å². The van der Waals surface area contributed by atoms with Crippen LogP contribution in [0.4, 0.5) is 5.69 Å². The number of aromatic nitrogens is 1. The SMILES string of the molecule is COc1cc(C(=O)N2CCN(CC3CCCCC3)CC2)ccc1NSc1cccc2cccnc12. The number of hydrogen-bond donors (Lipinski definition) is 1. The molecule has 0 spiro atoms. The van der Waals surface area contributed by atoms with E-state index in [2.05, 4.69) is 26.7 Å². The van der Waals surface area contributed by atoms with E-state index in [0.29, 0.717) is 11.3 Å². The zero-order chi connectivity index (χ0) is 24.0. The molecule has 184 valence electrons. The Bertz CT molecular complexity index is 1150. The maximum atomic E-state index is 13.2. The van der Waals surface area contributed by atoms with Crippen molar-refractivity contribution >= 4 is 34.4 Å². The smallest absolute Gasteiger partial charge is 0.254 e. The van der Waals surface area contributed by atoms with Crippen LogP contribution in [0.15, 0.2) is 59.6 Å². The number of amides is 1. The van der Waals surface area contributed by atoms with E-state index in [9.17, 15) is 4.79 Å². The van der Waals surface area contributed by atoms with Crippen molar-refractivity contribution < 1.29 is 9.53 Å². The van der Waals surface area contributed by atoms with Crippen LogP contribution in [-0.4, -0.2) is 60.5 Å². The Labute approximate surface area is 212 Å². The number of piperazine rings is 1. The highest BCUT2D eigenvalue weighted by atomic mass is 32.2. The van der Waals surface area contributed by atoms with E-state index in [-0.39, 0.29) is 5.91 Å². The first kappa shape index (κ1) is 23.9. The second-order valence-corrected chi connectivity index (χ2v) is 10.4. The average Bonchev–Trinajstić information content (AvgIpc) is 2.92. The van der Waals surface area contributed by atoms with Gasteiger partial charge >= 0.3 is 0 Å². The van der Waals surface area contributed by atoms with E-state index in [1.54, 1.807) is 7.11 Å². The van der Waals surface area contributed by atoms with E-state index >= 15 is 0 Å². The maximum Gasteiger partial charge on any atom is 0.254 e. The van der Waals surface area contributed by atoms with Crippen LogP contribution >= 0.6 is 11.9 Å². The van der Waals surface area contributed by atoms with Gasteiger partial charge in [0.1, 0.15) is 5.75 Å². The number of para-hydroxylation sites is 1. The van der Waals surface area contributed by atoms with Gasteiger partial charge in [-0.1, -0.05) is 37.5 Å². The van der Waals surface area contributed by atoms with Crippen LogP contribution in [0.2, 0.25) is 0 Å². The summed E-state index contributed by atoms with van der Waals surface area (Å²) in [6, 6.07) is 15.8. The molecule has 2 heterocycles. The maximum absolute atomic E-state index is 13.2. The van der Waals surface area contributed by atoms with Gasteiger partial charge in [0, 0.05) is 49.9 Å². The zero-order valence-electron chi connectivity index (χ0n) is 20.4. The Balaban J connectivity index is 1.20. The fourth-order valence-corrected chi connectivity index (χ4v) is 6.03. The number of carbonyl (C=O) groups excluding carboxylic acids is 1. The molecular weight excluding hydrogens is 456 g/mol. The lowest BCUT2D eigenvalue weighted by Gasteiger charge is -2.37. The number of fused-ring (bicyclic) bond motifs is 1. The van der Waals surface area contributed by atoms with Crippen LogP contribution in [0.3, 0.4) is 0 Å². The first-order valence-electron chi connectivity index (χ1n) is 12.7. The third-order valence-electron chi connectivity index (χ3n) is 7.22. The number of pyridine rings is 1. The van der Waals surface area contributed by atoms with Crippen LogP contribution in [0.5, 0.6) is 5.75 Å². The van der Waals surface area contributed by atoms with Gasteiger partial charge in [0.25, 0.3) is 5.91 Å². The largest absolute Gasteiger partial charge is 0.495 e. The van der Waals surface area contributed by atoms with Crippen molar-refractivity contribution in [2.75, 3.05) is 44.6 Å². The van der Waals surface area contributed by atoms with Gasteiger partial charge < -0.3 is 14.4 Å². The molecule has 0 unspecified atom stereocenters. The summed E-state index contributed by atoms with van der Waals surface area (Å²) in [5.41, 5.74) is 2.46. The molecule has 1 N–H and O–H groups in total. The molecular formula is C28H34N4O2S. The predicted molar refractivity (Wildman–Crippen MR) is 143 cm³/mol. The molecule has 1 aliphatic heterocycles. The molecule has 1 amide bonds. The van der Waals surface area contributed by atoms with Crippen LogP contribution in [0.1, 0.15) is 42.5 Å². The number of anilines is 1. The Hall–Kier alpha value is -2.77. The number of benzene rings is 2. The Morgan fingerprint density at radius 1 is 1.06 bits per heavy atom. The molecule has 5 rings (SSSR count). The average molecular weight is 491 g/mol. The van der Waals surface area contributed by atoms with Crippen molar-refractivity contribution in [3.63, 3.8) is 0 Å². The molecule has 7 heteroatoms. The Morgan fingerprint density at radius 3 is 2.66 bits per heavy atom. The predicted octanol–water partition coefficient (Wildman–Crippen LogP) is 5.70. The number of carbonyl (C=O) groups is 1. The minimum atomic E-state index is 0.0815. The topological polar surface area (TPSA) is 57.7 Å². The first-order valence-corrected chi connectivity index (χ1v) is 13.5. The van der Waals surface area contributed by atoms with Crippen LogP contribution < -0.4 is 9.46 Å². The summed E-state index contributed by atoms with van der Waals surface area (Å²) in [6.07, 6.45) is 8.71. The third-order valence-corrected chi connectivity index (χ3v) is 8.09. The summed E-state index contributed by atoms with van der Waals surface area (Å²) in [6.45, 7) is 4.71. The molecule has 1 saturated heterocycles. The minimum absolute atomic E-state index is 0.0815. The van der Waals surface area contributed by atoms with Crippen molar-refractivity contribution in [1.29, 1.82) is 0 Å². The van der Waals surface area contributed by atoms with Gasteiger partial charge in [0.05, 0.1) is 23.2 Å². The summed E-state index contributed by atoms with van der Waals surface area (Å²) in [4.78, 5) is 23.3. The Morgan fingerprint density at radius 2 is 1.86 bits per heavy atom. The molecule has 0 bridgehead atoms. The standard InChI is InChI=1S/C28H34N4O2S/c1-34-25-19-23(28(33)32-17-15-31(16-18-32)20-21-7-3-2-4-8-21)12-13-24(25)30-35-26-11-5-9-22-10-6-14-29-27(22)26/h5-6,9-14,19,21,30H,2-4,7-8,15-18,20H2,1H3. The number of nitrogens with one attached hydrogen (secondary N) is 1. The van der Waals surface area contributed by atoms with Gasteiger partial charge in [-0.3, -0.25) is 14.7 Å². The first-order chi connectivity index (χ1) is 17.2. The molecule has 2 aromatic carbocycles. The monoisotopic (exact) mass is 490 g/mol. The van der Waals surface area contributed by atoms with Crippen molar-refractivity contribution in [2.24, 2.45) is 5.92 Å². The second kappa shape index (κ2) is 11.3. The molecule has 2 aliphatic rings. The van der Waals surface area contributed by atoms with Gasteiger partial charge in [0.2, 0.25) is 0 Å². The van der Waals surface area contributed by atoms with E-state index in [4.69, 9.17) is 4.74 Å². The van der Waals surface area contributed by atoms with Gasteiger partial charge in [-0.2, -0.15) is 0 Å². The highest BCUT2D eigenvalue weighted by Crippen LogP contribution is 2.33. The van der Waals surface area contributed by atoms with Gasteiger partial charge in [-0.25, -0.2) is 0 Å². The lowest BCUT2D eigenvalue weighted by Crippen LogP contribution is -2.49. The minimum Gasteiger partial charge on any atom is -0.495 e. The summed E-state index contributed by atoms with van der Waals surface area (Å²) < 4.78 is 9.01. The van der Waals surface area contributed by atoms with Crippen molar-refractivity contribution in [3.05, 3.63) is 60.3 Å². The fourth-order valence-electron chi connectivity index (χ4n) is 5.23.